The standard InChI is InChI=1S/C26H23N3O2/c27-25(30)22-16-29(15-18-7-3-1-4-8-18)17-23(26(28)31)24(22)21-13-11-20(12-14-21)19-9-5-2-6-10-19/h1-14,16-17,24H,15H2,(H2,27,30)(H2,28,31). The minimum Gasteiger partial charge on any atom is -0.366 e. The van der Waals surface area contributed by atoms with E-state index in [9.17, 15) is 9.59 Å². The van der Waals surface area contributed by atoms with E-state index in [-0.39, 0.29) is 0 Å². The summed E-state index contributed by atoms with van der Waals surface area (Å²) in [5, 5.41) is 0. The molecule has 0 radical (unpaired) electrons. The van der Waals surface area contributed by atoms with E-state index in [4.69, 9.17) is 11.5 Å². The molecule has 0 atom stereocenters. The van der Waals surface area contributed by atoms with Gasteiger partial charge < -0.3 is 16.4 Å². The predicted molar refractivity (Wildman–Crippen MR) is 121 cm³/mol. The van der Waals surface area contributed by atoms with Crippen molar-refractivity contribution in [2.75, 3.05) is 0 Å². The van der Waals surface area contributed by atoms with E-state index in [1.807, 2.05) is 84.9 Å². The molecular weight excluding hydrogens is 386 g/mol. The Kier molecular flexibility index (Phi) is 5.67. The third kappa shape index (κ3) is 4.41. The molecular formula is C26H23N3O2. The maximum Gasteiger partial charge on any atom is 0.247 e. The van der Waals surface area contributed by atoms with Crippen LogP contribution in [-0.2, 0) is 16.1 Å². The largest absolute Gasteiger partial charge is 0.366 e. The van der Waals surface area contributed by atoms with Gasteiger partial charge in [0, 0.05) is 36.0 Å². The molecule has 31 heavy (non-hydrogen) atoms. The topological polar surface area (TPSA) is 89.4 Å². The number of rotatable bonds is 6. The van der Waals surface area contributed by atoms with Gasteiger partial charge in [-0.3, -0.25) is 9.59 Å². The third-order valence-corrected chi connectivity index (χ3v) is 5.36. The number of benzene rings is 3. The smallest absolute Gasteiger partial charge is 0.247 e. The Hall–Kier alpha value is -4.12. The van der Waals surface area contributed by atoms with Gasteiger partial charge >= 0.3 is 0 Å². The van der Waals surface area contributed by atoms with E-state index < -0.39 is 17.7 Å². The summed E-state index contributed by atoms with van der Waals surface area (Å²) in [6, 6.07) is 27.5. The zero-order valence-electron chi connectivity index (χ0n) is 16.9. The highest BCUT2D eigenvalue weighted by Crippen LogP contribution is 2.36. The van der Waals surface area contributed by atoms with Gasteiger partial charge in [0.2, 0.25) is 11.8 Å². The van der Waals surface area contributed by atoms with Crippen LogP contribution in [0.3, 0.4) is 0 Å². The molecule has 4 rings (SSSR count). The quantitative estimate of drug-likeness (QED) is 0.651. The van der Waals surface area contributed by atoms with E-state index >= 15 is 0 Å². The summed E-state index contributed by atoms with van der Waals surface area (Å²) in [7, 11) is 0. The normalized spacial score (nSPS) is 14.0. The second kappa shape index (κ2) is 8.71. The minimum atomic E-state index is -0.605. The molecule has 1 aliphatic heterocycles. The van der Waals surface area contributed by atoms with Gasteiger partial charge in [-0.2, -0.15) is 0 Å². The molecule has 0 aliphatic carbocycles. The average Bonchev–Trinajstić information content (AvgIpc) is 2.80. The number of amides is 2. The third-order valence-electron chi connectivity index (χ3n) is 5.36. The average molecular weight is 409 g/mol. The summed E-state index contributed by atoms with van der Waals surface area (Å²) in [5.41, 5.74) is 16.1. The molecule has 4 N–H and O–H groups in total. The van der Waals surface area contributed by atoms with Crippen LogP contribution in [0.5, 0.6) is 0 Å². The van der Waals surface area contributed by atoms with Crippen LogP contribution in [0.2, 0.25) is 0 Å². The number of carbonyl (C=O) groups is 2. The van der Waals surface area contributed by atoms with Gasteiger partial charge in [0.05, 0.1) is 0 Å². The Morgan fingerprint density at radius 1 is 0.677 bits per heavy atom. The summed E-state index contributed by atoms with van der Waals surface area (Å²) in [6.45, 7) is 0.494. The Bertz CT molecular complexity index is 1120. The van der Waals surface area contributed by atoms with E-state index in [0.29, 0.717) is 17.7 Å². The van der Waals surface area contributed by atoms with Gasteiger partial charge in [0.25, 0.3) is 0 Å². The first-order valence-electron chi connectivity index (χ1n) is 10.0. The molecule has 0 aromatic heterocycles. The zero-order chi connectivity index (χ0) is 21.8. The number of nitrogens with zero attached hydrogens (tertiary/aromatic N) is 1. The zero-order valence-corrected chi connectivity index (χ0v) is 16.9. The predicted octanol–water partition coefficient (Wildman–Crippen LogP) is 3.69. The molecule has 5 heteroatoms. The lowest BCUT2D eigenvalue weighted by atomic mass is 9.82. The molecule has 1 aliphatic rings. The van der Waals surface area contributed by atoms with Crippen LogP contribution in [0, 0.1) is 0 Å². The van der Waals surface area contributed by atoms with E-state index in [1.165, 1.54) is 0 Å². The van der Waals surface area contributed by atoms with Crippen LogP contribution in [0.25, 0.3) is 11.1 Å². The molecule has 154 valence electrons. The molecule has 0 saturated carbocycles. The van der Waals surface area contributed by atoms with Crippen LogP contribution in [-0.4, -0.2) is 16.7 Å². The number of primary amides is 2. The van der Waals surface area contributed by atoms with Crippen LogP contribution in [0.15, 0.2) is 108 Å². The highest BCUT2D eigenvalue weighted by atomic mass is 16.1. The van der Waals surface area contributed by atoms with Crippen molar-refractivity contribution in [1.82, 2.24) is 4.90 Å². The molecule has 0 bridgehead atoms. The Morgan fingerprint density at radius 2 is 1.16 bits per heavy atom. The summed E-state index contributed by atoms with van der Waals surface area (Å²) in [5.74, 6) is -1.77. The lowest BCUT2D eigenvalue weighted by Crippen LogP contribution is -2.32. The second-order valence-electron chi connectivity index (χ2n) is 7.48. The number of hydrogen-bond donors (Lipinski definition) is 2. The van der Waals surface area contributed by atoms with Crippen molar-refractivity contribution in [3.05, 3.63) is 120 Å². The van der Waals surface area contributed by atoms with Gasteiger partial charge in [0.15, 0.2) is 0 Å². The molecule has 3 aromatic carbocycles. The van der Waals surface area contributed by atoms with Gasteiger partial charge in [-0.05, 0) is 22.3 Å². The van der Waals surface area contributed by atoms with E-state index in [1.54, 1.807) is 17.3 Å². The van der Waals surface area contributed by atoms with Crippen molar-refractivity contribution in [3.8, 4) is 11.1 Å². The van der Waals surface area contributed by atoms with Crippen molar-refractivity contribution in [2.24, 2.45) is 11.5 Å². The first kappa shape index (κ1) is 20.2. The lowest BCUT2D eigenvalue weighted by molar-refractivity contribution is -0.115. The Morgan fingerprint density at radius 3 is 1.68 bits per heavy atom. The number of carbonyl (C=O) groups excluding carboxylic acids is 2. The van der Waals surface area contributed by atoms with Crippen LogP contribution < -0.4 is 11.5 Å². The van der Waals surface area contributed by atoms with Gasteiger partial charge in [-0.15, -0.1) is 0 Å². The van der Waals surface area contributed by atoms with Crippen molar-refractivity contribution in [3.63, 3.8) is 0 Å². The summed E-state index contributed by atoms with van der Waals surface area (Å²) >= 11 is 0. The molecule has 0 spiro atoms. The highest BCUT2D eigenvalue weighted by molar-refractivity contribution is 6.01. The van der Waals surface area contributed by atoms with Crippen LogP contribution in [0.1, 0.15) is 17.0 Å². The van der Waals surface area contributed by atoms with Gasteiger partial charge in [-0.25, -0.2) is 0 Å². The molecule has 0 unspecified atom stereocenters. The van der Waals surface area contributed by atoms with Gasteiger partial charge in [-0.1, -0.05) is 84.9 Å². The Balaban J connectivity index is 1.70. The number of nitrogens with two attached hydrogens (primary N) is 2. The van der Waals surface area contributed by atoms with Crippen LogP contribution >= 0.6 is 0 Å². The molecule has 5 nitrogen and oxygen atoms in total. The first-order chi connectivity index (χ1) is 15.0. The summed E-state index contributed by atoms with van der Waals surface area (Å²) in [4.78, 5) is 26.5. The fourth-order valence-electron chi connectivity index (χ4n) is 3.87. The lowest BCUT2D eigenvalue weighted by Gasteiger charge is -2.30. The second-order valence-corrected chi connectivity index (χ2v) is 7.48. The van der Waals surface area contributed by atoms with Gasteiger partial charge in [0.1, 0.15) is 0 Å². The molecule has 0 saturated heterocycles. The van der Waals surface area contributed by atoms with Crippen molar-refractivity contribution >= 4 is 11.8 Å². The molecule has 2 amide bonds. The van der Waals surface area contributed by atoms with Crippen molar-refractivity contribution in [2.45, 2.75) is 12.5 Å². The molecule has 1 heterocycles. The summed E-state index contributed by atoms with van der Waals surface area (Å²) < 4.78 is 0. The van der Waals surface area contributed by atoms with Crippen molar-refractivity contribution in [1.29, 1.82) is 0 Å². The van der Waals surface area contributed by atoms with E-state index in [0.717, 1.165) is 22.3 Å². The SMILES string of the molecule is NC(=O)C1=CN(Cc2ccccc2)C=C(C(N)=O)C1c1ccc(-c2ccccc2)cc1. The fourth-order valence-corrected chi connectivity index (χ4v) is 3.87. The molecule has 0 fully saturated rings. The van der Waals surface area contributed by atoms with E-state index in [2.05, 4.69) is 0 Å². The van der Waals surface area contributed by atoms with Crippen molar-refractivity contribution < 1.29 is 9.59 Å². The number of hydrogen-bond acceptors (Lipinski definition) is 3. The van der Waals surface area contributed by atoms with Crippen LogP contribution in [0.4, 0.5) is 0 Å². The maximum absolute atomic E-state index is 12.3. The minimum absolute atomic E-state index is 0.333. The maximum atomic E-state index is 12.3. The Labute approximate surface area is 181 Å². The fraction of sp³-hybridized carbons (Fsp3) is 0.0769. The first-order valence-corrected chi connectivity index (χ1v) is 10.0. The highest BCUT2D eigenvalue weighted by Gasteiger charge is 2.32. The summed E-state index contributed by atoms with van der Waals surface area (Å²) in [6.07, 6.45) is 3.41. The molecule has 3 aromatic rings. The monoisotopic (exact) mass is 409 g/mol.